The zero-order valence-electron chi connectivity index (χ0n) is 14.5. The van der Waals surface area contributed by atoms with E-state index in [0.29, 0.717) is 11.9 Å². The Hall–Kier alpha value is -0.920. The summed E-state index contributed by atoms with van der Waals surface area (Å²) in [6.45, 7) is 8.71. The molecule has 1 N–H and O–H groups in total. The summed E-state index contributed by atoms with van der Waals surface area (Å²) in [5.41, 5.74) is 0. The van der Waals surface area contributed by atoms with Gasteiger partial charge in [-0.1, -0.05) is 6.92 Å². The quantitative estimate of drug-likeness (QED) is 0.877. The number of piperidine rings is 1. The predicted octanol–water partition coefficient (Wildman–Crippen LogP) is 1.95. The SMILES string of the molecule is CCc1nsc(N2CCCN(C(=O)[C@H]3CCN[C@@H](C)C3)CC2)n1.Cl. The van der Waals surface area contributed by atoms with E-state index in [4.69, 9.17) is 0 Å². The number of amides is 1. The topological polar surface area (TPSA) is 61.4 Å². The Bertz CT molecular complexity index is 540. The van der Waals surface area contributed by atoms with Crippen LogP contribution in [-0.4, -0.2) is 58.9 Å². The Balaban J connectivity index is 0.00000208. The number of hydrogen-bond donors (Lipinski definition) is 1. The van der Waals surface area contributed by atoms with Gasteiger partial charge in [-0.25, -0.2) is 4.98 Å². The van der Waals surface area contributed by atoms with Crippen molar-refractivity contribution in [1.82, 2.24) is 19.6 Å². The van der Waals surface area contributed by atoms with E-state index < -0.39 is 0 Å². The van der Waals surface area contributed by atoms with Crippen LogP contribution >= 0.6 is 23.9 Å². The van der Waals surface area contributed by atoms with E-state index >= 15 is 0 Å². The van der Waals surface area contributed by atoms with E-state index in [9.17, 15) is 4.79 Å². The van der Waals surface area contributed by atoms with Crippen molar-refractivity contribution < 1.29 is 4.79 Å². The van der Waals surface area contributed by atoms with Crippen LogP contribution in [0.2, 0.25) is 0 Å². The summed E-state index contributed by atoms with van der Waals surface area (Å²) in [5.74, 6) is 1.48. The van der Waals surface area contributed by atoms with E-state index in [0.717, 1.165) is 69.4 Å². The highest BCUT2D eigenvalue weighted by Crippen LogP contribution is 2.22. The second kappa shape index (κ2) is 8.97. The molecule has 0 aromatic carbocycles. The maximum atomic E-state index is 12.8. The largest absolute Gasteiger partial charge is 0.345 e. The van der Waals surface area contributed by atoms with Crippen molar-refractivity contribution in [2.24, 2.45) is 5.92 Å². The first-order chi connectivity index (χ1) is 11.2. The van der Waals surface area contributed by atoms with Gasteiger partial charge in [-0.15, -0.1) is 12.4 Å². The van der Waals surface area contributed by atoms with E-state index in [1.54, 1.807) is 0 Å². The Kier molecular flexibility index (Phi) is 7.25. The third kappa shape index (κ3) is 4.58. The van der Waals surface area contributed by atoms with E-state index in [-0.39, 0.29) is 18.3 Å². The van der Waals surface area contributed by atoms with Crippen LogP contribution < -0.4 is 10.2 Å². The highest BCUT2D eigenvalue weighted by atomic mass is 35.5. The lowest BCUT2D eigenvalue weighted by molar-refractivity contribution is -0.136. The van der Waals surface area contributed by atoms with Crippen molar-refractivity contribution in [3.8, 4) is 0 Å². The van der Waals surface area contributed by atoms with Gasteiger partial charge in [0.1, 0.15) is 5.82 Å². The zero-order chi connectivity index (χ0) is 16.2. The monoisotopic (exact) mass is 373 g/mol. The van der Waals surface area contributed by atoms with Crippen LogP contribution in [0.5, 0.6) is 0 Å². The standard InChI is InChI=1S/C16H27N5OS.ClH/c1-3-14-18-16(23-19-14)21-8-4-7-20(9-10-21)15(22)13-5-6-17-12(2)11-13;/h12-13,17H,3-11H2,1-2H3;1H/t12-,13-;/m0./s1. The minimum absolute atomic E-state index is 0. The number of carbonyl (C=O) groups excluding carboxylic acids is 1. The first kappa shape index (κ1) is 19.4. The van der Waals surface area contributed by atoms with Gasteiger partial charge in [0.15, 0.2) is 0 Å². The van der Waals surface area contributed by atoms with E-state index in [2.05, 4.69) is 38.3 Å². The van der Waals surface area contributed by atoms with Crippen molar-refractivity contribution in [1.29, 1.82) is 0 Å². The molecule has 0 radical (unpaired) electrons. The molecule has 8 heteroatoms. The number of aryl methyl sites for hydroxylation is 1. The number of halogens is 1. The molecule has 3 rings (SSSR count). The molecule has 1 aromatic heterocycles. The molecule has 0 unspecified atom stereocenters. The maximum Gasteiger partial charge on any atom is 0.225 e. The summed E-state index contributed by atoms with van der Waals surface area (Å²) < 4.78 is 4.38. The molecule has 3 heterocycles. The van der Waals surface area contributed by atoms with Crippen LogP contribution in [0, 0.1) is 5.92 Å². The molecule has 2 atom stereocenters. The van der Waals surface area contributed by atoms with Gasteiger partial charge in [-0.3, -0.25) is 4.79 Å². The molecule has 0 spiro atoms. The fraction of sp³-hybridized carbons (Fsp3) is 0.812. The second-order valence-electron chi connectivity index (χ2n) is 6.59. The molecule has 2 aliphatic rings. The summed E-state index contributed by atoms with van der Waals surface area (Å²) in [6, 6.07) is 0.454. The molecule has 2 saturated heterocycles. The van der Waals surface area contributed by atoms with Gasteiger partial charge in [-0.2, -0.15) is 4.37 Å². The fourth-order valence-corrected chi connectivity index (χ4v) is 4.26. The molecule has 136 valence electrons. The number of anilines is 1. The Morgan fingerprint density at radius 2 is 2.17 bits per heavy atom. The molecule has 24 heavy (non-hydrogen) atoms. The lowest BCUT2D eigenvalue weighted by atomic mass is 9.92. The zero-order valence-corrected chi connectivity index (χ0v) is 16.2. The van der Waals surface area contributed by atoms with Gasteiger partial charge in [0.05, 0.1) is 0 Å². The lowest BCUT2D eigenvalue weighted by Gasteiger charge is -2.31. The molecule has 2 fully saturated rings. The number of rotatable bonds is 3. The van der Waals surface area contributed by atoms with Gasteiger partial charge >= 0.3 is 0 Å². The average Bonchev–Trinajstić information content (AvgIpc) is 2.91. The van der Waals surface area contributed by atoms with Gasteiger partial charge in [0.2, 0.25) is 11.0 Å². The van der Waals surface area contributed by atoms with E-state index in [1.807, 2.05) is 0 Å². The summed E-state index contributed by atoms with van der Waals surface area (Å²) in [6.07, 6.45) is 3.82. The van der Waals surface area contributed by atoms with Gasteiger partial charge in [0.25, 0.3) is 0 Å². The van der Waals surface area contributed by atoms with Gasteiger partial charge < -0.3 is 15.1 Å². The molecule has 0 aliphatic carbocycles. The van der Waals surface area contributed by atoms with Crippen LogP contribution in [0.1, 0.15) is 38.9 Å². The van der Waals surface area contributed by atoms with Crippen LogP contribution in [0.15, 0.2) is 0 Å². The van der Waals surface area contributed by atoms with Crippen LogP contribution in [0.3, 0.4) is 0 Å². The first-order valence-electron chi connectivity index (χ1n) is 8.77. The second-order valence-corrected chi connectivity index (χ2v) is 7.32. The lowest BCUT2D eigenvalue weighted by Crippen LogP contribution is -2.45. The molecule has 6 nitrogen and oxygen atoms in total. The Morgan fingerprint density at radius 1 is 1.33 bits per heavy atom. The highest BCUT2D eigenvalue weighted by molar-refractivity contribution is 7.09. The average molecular weight is 374 g/mol. The van der Waals surface area contributed by atoms with Crippen molar-refractivity contribution in [3.63, 3.8) is 0 Å². The van der Waals surface area contributed by atoms with Gasteiger partial charge in [-0.05, 0) is 32.7 Å². The van der Waals surface area contributed by atoms with Crippen molar-refractivity contribution >= 4 is 35.0 Å². The normalized spacial score (nSPS) is 25.1. The van der Waals surface area contributed by atoms with Crippen molar-refractivity contribution in [2.75, 3.05) is 37.6 Å². The van der Waals surface area contributed by atoms with E-state index in [1.165, 1.54) is 11.5 Å². The predicted molar refractivity (Wildman–Crippen MR) is 100 cm³/mol. The molecular formula is C16H28ClN5OS. The van der Waals surface area contributed by atoms with Crippen molar-refractivity contribution in [3.05, 3.63) is 5.82 Å². The number of nitrogens with one attached hydrogen (secondary N) is 1. The first-order valence-corrected chi connectivity index (χ1v) is 9.54. The smallest absolute Gasteiger partial charge is 0.225 e. The number of carbonyl (C=O) groups is 1. The minimum Gasteiger partial charge on any atom is -0.345 e. The summed E-state index contributed by atoms with van der Waals surface area (Å²) in [5, 5.41) is 4.43. The maximum absolute atomic E-state index is 12.8. The fourth-order valence-electron chi connectivity index (χ4n) is 3.46. The number of aromatic nitrogens is 2. The Labute approximate surface area is 154 Å². The number of hydrogen-bond acceptors (Lipinski definition) is 6. The van der Waals surface area contributed by atoms with Crippen LogP contribution in [0.4, 0.5) is 5.13 Å². The number of nitrogens with zero attached hydrogens (tertiary/aromatic N) is 4. The summed E-state index contributed by atoms with van der Waals surface area (Å²) in [7, 11) is 0. The molecule has 2 aliphatic heterocycles. The molecule has 0 saturated carbocycles. The van der Waals surface area contributed by atoms with Gasteiger partial charge in [0, 0.05) is 56.1 Å². The van der Waals surface area contributed by atoms with Crippen molar-refractivity contribution in [2.45, 2.75) is 45.6 Å². The molecule has 1 amide bonds. The summed E-state index contributed by atoms with van der Waals surface area (Å²) >= 11 is 1.48. The molecular weight excluding hydrogens is 346 g/mol. The minimum atomic E-state index is 0. The molecule has 1 aromatic rings. The third-order valence-electron chi connectivity index (χ3n) is 4.82. The third-order valence-corrected chi connectivity index (χ3v) is 5.64. The highest BCUT2D eigenvalue weighted by Gasteiger charge is 2.29. The Morgan fingerprint density at radius 3 is 2.88 bits per heavy atom. The molecule has 0 bridgehead atoms. The van der Waals surface area contributed by atoms with Crippen LogP contribution in [-0.2, 0) is 11.2 Å². The summed E-state index contributed by atoms with van der Waals surface area (Å²) in [4.78, 5) is 21.7. The van der Waals surface area contributed by atoms with Crippen LogP contribution in [0.25, 0.3) is 0 Å².